The minimum absolute atomic E-state index is 0. The van der Waals surface area contributed by atoms with E-state index in [4.69, 9.17) is 0 Å². The summed E-state index contributed by atoms with van der Waals surface area (Å²) >= 11 is 0. The Kier molecular flexibility index (Phi) is 6.61. The van der Waals surface area contributed by atoms with Crippen molar-refractivity contribution in [1.29, 1.82) is 0 Å². The topological polar surface area (TPSA) is 32.3 Å². The SMILES string of the molecule is CC(CC(=O)N1CCC2(CCNC2)CC1)c1ccc(C(F)(F)F)cc1.Cl. The van der Waals surface area contributed by atoms with Gasteiger partial charge >= 0.3 is 6.18 Å². The minimum atomic E-state index is -4.32. The monoisotopic (exact) mass is 390 g/mol. The summed E-state index contributed by atoms with van der Waals surface area (Å²) in [7, 11) is 0. The maximum Gasteiger partial charge on any atom is 0.416 e. The molecule has 1 amide bonds. The molecule has 0 bridgehead atoms. The van der Waals surface area contributed by atoms with E-state index in [1.165, 1.54) is 18.6 Å². The number of hydrogen-bond donors (Lipinski definition) is 1. The zero-order chi connectivity index (χ0) is 18.1. The molecule has 146 valence electrons. The lowest BCUT2D eigenvalue weighted by Crippen LogP contribution is -2.44. The highest BCUT2D eigenvalue weighted by Crippen LogP contribution is 2.37. The third-order valence-electron chi connectivity index (χ3n) is 5.80. The van der Waals surface area contributed by atoms with Gasteiger partial charge < -0.3 is 10.2 Å². The van der Waals surface area contributed by atoms with Gasteiger partial charge in [0.25, 0.3) is 0 Å². The van der Waals surface area contributed by atoms with E-state index >= 15 is 0 Å². The van der Waals surface area contributed by atoms with Crippen molar-refractivity contribution in [3.05, 3.63) is 35.4 Å². The molecule has 2 aliphatic rings. The second-order valence-corrected chi connectivity index (χ2v) is 7.53. The van der Waals surface area contributed by atoms with Crippen molar-refractivity contribution in [2.24, 2.45) is 5.41 Å². The largest absolute Gasteiger partial charge is 0.416 e. The molecule has 0 saturated carbocycles. The summed E-state index contributed by atoms with van der Waals surface area (Å²) in [5.74, 6) is 0.0204. The Morgan fingerprint density at radius 2 is 1.81 bits per heavy atom. The number of likely N-dealkylation sites (tertiary alicyclic amines) is 1. The van der Waals surface area contributed by atoms with Crippen LogP contribution >= 0.6 is 12.4 Å². The lowest BCUT2D eigenvalue weighted by Gasteiger charge is -2.39. The van der Waals surface area contributed by atoms with Crippen LogP contribution < -0.4 is 5.32 Å². The number of halogens is 4. The first-order valence-corrected chi connectivity index (χ1v) is 8.95. The van der Waals surface area contributed by atoms with E-state index in [0.29, 0.717) is 11.8 Å². The van der Waals surface area contributed by atoms with Crippen molar-refractivity contribution in [1.82, 2.24) is 10.2 Å². The predicted octanol–water partition coefficient (Wildman–Crippen LogP) is 4.22. The average Bonchev–Trinajstić information content (AvgIpc) is 3.03. The molecule has 0 radical (unpaired) electrons. The summed E-state index contributed by atoms with van der Waals surface area (Å²) in [5.41, 5.74) is 0.492. The number of rotatable bonds is 3. The Labute approximate surface area is 158 Å². The molecule has 1 N–H and O–H groups in total. The van der Waals surface area contributed by atoms with E-state index in [-0.39, 0.29) is 24.2 Å². The summed E-state index contributed by atoms with van der Waals surface area (Å²) in [4.78, 5) is 14.5. The third-order valence-corrected chi connectivity index (χ3v) is 5.80. The van der Waals surface area contributed by atoms with E-state index in [1.54, 1.807) is 0 Å². The number of carbonyl (C=O) groups is 1. The van der Waals surface area contributed by atoms with Crippen molar-refractivity contribution < 1.29 is 18.0 Å². The number of alkyl halides is 3. The molecule has 7 heteroatoms. The van der Waals surface area contributed by atoms with Gasteiger partial charge in [-0.1, -0.05) is 19.1 Å². The second kappa shape index (κ2) is 8.17. The molecule has 2 fully saturated rings. The highest BCUT2D eigenvalue weighted by molar-refractivity contribution is 5.85. The zero-order valence-electron chi connectivity index (χ0n) is 14.9. The molecule has 26 heavy (non-hydrogen) atoms. The van der Waals surface area contributed by atoms with Crippen LogP contribution in [-0.4, -0.2) is 37.0 Å². The van der Waals surface area contributed by atoms with Crippen LogP contribution in [-0.2, 0) is 11.0 Å². The summed E-state index contributed by atoms with van der Waals surface area (Å²) in [6.07, 6.45) is -0.704. The van der Waals surface area contributed by atoms with Crippen molar-refractivity contribution >= 4 is 18.3 Å². The van der Waals surface area contributed by atoms with Crippen molar-refractivity contribution in [2.45, 2.75) is 44.7 Å². The van der Waals surface area contributed by atoms with Gasteiger partial charge in [0, 0.05) is 26.1 Å². The lowest BCUT2D eigenvalue weighted by molar-refractivity contribution is -0.137. The highest BCUT2D eigenvalue weighted by atomic mass is 35.5. The number of nitrogens with one attached hydrogen (secondary N) is 1. The molecule has 2 heterocycles. The lowest BCUT2D eigenvalue weighted by atomic mass is 9.77. The van der Waals surface area contributed by atoms with E-state index < -0.39 is 11.7 Å². The van der Waals surface area contributed by atoms with Gasteiger partial charge in [-0.05, 0) is 54.8 Å². The van der Waals surface area contributed by atoms with Gasteiger partial charge in [0.05, 0.1) is 5.56 Å². The Hall–Kier alpha value is -1.27. The van der Waals surface area contributed by atoms with Crippen LogP contribution in [0.2, 0.25) is 0 Å². The van der Waals surface area contributed by atoms with Crippen LogP contribution in [0.25, 0.3) is 0 Å². The van der Waals surface area contributed by atoms with Crippen LogP contribution in [0.15, 0.2) is 24.3 Å². The minimum Gasteiger partial charge on any atom is -0.343 e. The maximum atomic E-state index is 12.6. The van der Waals surface area contributed by atoms with Gasteiger partial charge in [0.15, 0.2) is 0 Å². The number of hydrogen-bond acceptors (Lipinski definition) is 2. The number of carbonyl (C=O) groups excluding carboxylic acids is 1. The summed E-state index contributed by atoms with van der Waals surface area (Å²) in [5, 5.41) is 3.41. The van der Waals surface area contributed by atoms with Gasteiger partial charge in [0.2, 0.25) is 5.91 Å². The molecule has 2 aliphatic heterocycles. The van der Waals surface area contributed by atoms with E-state index in [2.05, 4.69) is 5.32 Å². The first-order valence-electron chi connectivity index (χ1n) is 8.95. The molecular formula is C19H26ClF3N2O. The molecule has 2 saturated heterocycles. The van der Waals surface area contributed by atoms with Crippen molar-refractivity contribution in [3.8, 4) is 0 Å². The summed E-state index contributed by atoms with van der Waals surface area (Å²) in [6.45, 7) is 5.60. The first kappa shape index (κ1) is 21.0. The number of benzene rings is 1. The smallest absolute Gasteiger partial charge is 0.343 e. The molecule has 1 spiro atoms. The van der Waals surface area contributed by atoms with Gasteiger partial charge in [-0.15, -0.1) is 12.4 Å². The van der Waals surface area contributed by atoms with Gasteiger partial charge in [-0.25, -0.2) is 0 Å². The summed E-state index contributed by atoms with van der Waals surface area (Å²) < 4.78 is 37.9. The van der Waals surface area contributed by atoms with Gasteiger partial charge in [-0.2, -0.15) is 13.2 Å². The van der Waals surface area contributed by atoms with Crippen LogP contribution in [0, 0.1) is 5.41 Å². The molecule has 1 aromatic rings. The molecule has 0 aromatic heterocycles. The van der Waals surface area contributed by atoms with E-state index in [0.717, 1.165) is 56.7 Å². The second-order valence-electron chi connectivity index (χ2n) is 7.53. The third kappa shape index (κ3) is 4.71. The van der Waals surface area contributed by atoms with Crippen LogP contribution in [0.3, 0.4) is 0 Å². The van der Waals surface area contributed by atoms with Gasteiger partial charge in [0.1, 0.15) is 0 Å². The van der Waals surface area contributed by atoms with Crippen LogP contribution in [0.1, 0.15) is 49.7 Å². The van der Waals surface area contributed by atoms with E-state index in [1.807, 2.05) is 11.8 Å². The van der Waals surface area contributed by atoms with Crippen LogP contribution in [0.5, 0.6) is 0 Å². The standard InChI is InChI=1S/C19H25F3N2O.ClH/c1-14(15-2-4-16(5-3-15)19(20,21)22)12-17(25)24-10-7-18(8-11-24)6-9-23-13-18;/h2-5,14,23H,6-13H2,1H3;1H. The maximum absolute atomic E-state index is 12.6. The zero-order valence-corrected chi connectivity index (χ0v) is 15.8. The Morgan fingerprint density at radius 1 is 1.19 bits per heavy atom. The Balaban J connectivity index is 0.00000243. The molecule has 1 atom stereocenters. The molecule has 0 aliphatic carbocycles. The molecule has 1 unspecified atom stereocenters. The fraction of sp³-hybridized carbons (Fsp3) is 0.632. The van der Waals surface area contributed by atoms with E-state index in [9.17, 15) is 18.0 Å². The average molecular weight is 391 g/mol. The van der Waals surface area contributed by atoms with Crippen LogP contribution in [0.4, 0.5) is 13.2 Å². The van der Waals surface area contributed by atoms with Crippen molar-refractivity contribution in [3.63, 3.8) is 0 Å². The molecule has 3 rings (SSSR count). The van der Waals surface area contributed by atoms with Crippen molar-refractivity contribution in [2.75, 3.05) is 26.2 Å². The number of piperidine rings is 1. The summed E-state index contributed by atoms with van der Waals surface area (Å²) in [6, 6.07) is 5.15. The number of amides is 1. The predicted molar refractivity (Wildman–Crippen MR) is 97.5 cm³/mol. The number of nitrogens with zero attached hydrogens (tertiary/aromatic N) is 1. The molecule has 3 nitrogen and oxygen atoms in total. The van der Waals surface area contributed by atoms with Gasteiger partial charge in [-0.3, -0.25) is 4.79 Å². The fourth-order valence-electron chi connectivity index (χ4n) is 3.96. The highest BCUT2D eigenvalue weighted by Gasteiger charge is 2.38. The first-order chi connectivity index (χ1) is 11.8. The normalized spacial score (nSPS) is 20.7. The quantitative estimate of drug-likeness (QED) is 0.838. The fourth-order valence-corrected chi connectivity index (χ4v) is 3.96. The Bertz CT molecular complexity index is 602. The Morgan fingerprint density at radius 3 is 2.31 bits per heavy atom. The molecular weight excluding hydrogens is 365 g/mol. The molecule has 1 aromatic carbocycles.